The Morgan fingerprint density at radius 1 is 1.45 bits per heavy atom. The van der Waals surface area contributed by atoms with Crippen molar-refractivity contribution in [3.05, 3.63) is 18.7 Å². The summed E-state index contributed by atoms with van der Waals surface area (Å²) in [6.07, 6.45) is 6.67. The van der Waals surface area contributed by atoms with E-state index in [0.717, 1.165) is 5.69 Å². The molecule has 0 aromatic carbocycles. The minimum atomic E-state index is 0.929. The fourth-order valence-electron chi connectivity index (χ4n) is 0.713. The lowest BCUT2D eigenvalue weighted by Crippen LogP contribution is -2.14. The van der Waals surface area contributed by atoms with E-state index in [2.05, 4.69) is 15.0 Å². The van der Waals surface area contributed by atoms with Crippen LogP contribution in [0.4, 0.5) is 5.69 Å². The van der Waals surface area contributed by atoms with Gasteiger partial charge in [0, 0.05) is 14.1 Å². The minimum absolute atomic E-state index is 0.929. The topological polar surface area (TPSA) is 41.4 Å². The smallest absolute Gasteiger partial charge is 0.115 e. The highest BCUT2D eigenvalue weighted by Crippen LogP contribution is 2.04. The second kappa shape index (κ2) is 3.65. The third kappa shape index (κ3) is 2.00. The van der Waals surface area contributed by atoms with E-state index in [1.54, 1.807) is 25.8 Å². The van der Waals surface area contributed by atoms with Crippen molar-refractivity contribution in [3.63, 3.8) is 0 Å². The Kier molecular flexibility index (Phi) is 2.54. The lowest BCUT2D eigenvalue weighted by molar-refractivity contribution is 1.13. The van der Waals surface area contributed by atoms with Gasteiger partial charge in [0.15, 0.2) is 0 Å². The van der Waals surface area contributed by atoms with E-state index in [4.69, 9.17) is 0 Å². The fourth-order valence-corrected chi connectivity index (χ4v) is 0.713. The number of nitrogens with zero attached hydrogens (tertiary/aromatic N) is 4. The van der Waals surface area contributed by atoms with Crippen molar-refractivity contribution in [2.75, 3.05) is 19.0 Å². The van der Waals surface area contributed by atoms with Crippen LogP contribution in [0.3, 0.4) is 0 Å². The summed E-state index contributed by atoms with van der Waals surface area (Å²) in [5.41, 5.74) is 0.929. The molecule has 0 aliphatic rings. The maximum Gasteiger partial charge on any atom is 0.115 e. The quantitative estimate of drug-likeness (QED) is 0.457. The number of anilines is 1. The molecule has 0 aliphatic carbocycles. The first kappa shape index (κ1) is 7.65. The summed E-state index contributed by atoms with van der Waals surface area (Å²) in [6, 6.07) is 0. The lowest BCUT2D eigenvalue weighted by atomic mass is 10.5. The Bertz CT molecular complexity index is 231. The van der Waals surface area contributed by atoms with E-state index in [1.165, 1.54) is 6.33 Å². The Morgan fingerprint density at radius 2 is 2.09 bits per heavy atom. The van der Waals surface area contributed by atoms with E-state index < -0.39 is 0 Å². The molecule has 58 valence electrons. The molecule has 0 amide bonds. The molecule has 0 bridgehead atoms. The molecule has 4 nitrogen and oxygen atoms in total. The Hall–Kier alpha value is -1.45. The first-order valence-electron chi connectivity index (χ1n) is 3.24. The molecule has 0 saturated heterocycles. The second-order valence-corrected chi connectivity index (χ2v) is 2.08. The van der Waals surface area contributed by atoms with Crippen molar-refractivity contribution in [2.24, 2.45) is 4.99 Å². The molecule has 0 N–H and O–H groups in total. The summed E-state index contributed by atoms with van der Waals surface area (Å²) >= 11 is 0. The highest BCUT2D eigenvalue weighted by Gasteiger charge is 1.94. The van der Waals surface area contributed by atoms with Crippen LogP contribution in [0.15, 0.2) is 23.7 Å². The molecule has 1 aromatic heterocycles. The van der Waals surface area contributed by atoms with Crippen molar-refractivity contribution in [2.45, 2.75) is 0 Å². The SMILES string of the molecule is CN=CN(C)c1cncnc1. The highest BCUT2D eigenvalue weighted by atomic mass is 15.1. The molecule has 4 heteroatoms. The summed E-state index contributed by atoms with van der Waals surface area (Å²) in [5.74, 6) is 0. The van der Waals surface area contributed by atoms with Gasteiger partial charge in [-0.05, 0) is 0 Å². The van der Waals surface area contributed by atoms with Gasteiger partial charge in [-0.1, -0.05) is 0 Å². The van der Waals surface area contributed by atoms with Crippen molar-refractivity contribution in [1.82, 2.24) is 9.97 Å². The molecule has 11 heavy (non-hydrogen) atoms. The van der Waals surface area contributed by atoms with Gasteiger partial charge in [-0.2, -0.15) is 0 Å². The molecular formula is C7H10N4. The van der Waals surface area contributed by atoms with Crippen molar-refractivity contribution >= 4 is 12.0 Å². The van der Waals surface area contributed by atoms with Gasteiger partial charge in [0.25, 0.3) is 0 Å². The molecule has 0 fully saturated rings. The molecule has 0 atom stereocenters. The second-order valence-electron chi connectivity index (χ2n) is 2.08. The van der Waals surface area contributed by atoms with Crippen LogP contribution in [0, 0.1) is 0 Å². The lowest BCUT2D eigenvalue weighted by Gasteiger charge is -2.10. The predicted molar refractivity (Wildman–Crippen MR) is 44.9 cm³/mol. The summed E-state index contributed by atoms with van der Waals surface area (Å²) in [6.45, 7) is 0. The van der Waals surface area contributed by atoms with Crippen LogP contribution >= 0.6 is 0 Å². The van der Waals surface area contributed by atoms with E-state index in [0.29, 0.717) is 0 Å². The van der Waals surface area contributed by atoms with Crippen LogP contribution in [0.5, 0.6) is 0 Å². The van der Waals surface area contributed by atoms with Crippen LogP contribution < -0.4 is 4.90 Å². The molecular weight excluding hydrogens is 140 g/mol. The van der Waals surface area contributed by atoms with Crippen molar-refractivity contribution < 1.29 is 0 Å². The zero-order chi connectivity index (χ0) is 8.10. The number of hydrogen-bond acceptors (Lipinski definition) is 3. The van der Waals surface area contributed by atoms with Crippen LogP contribution in [-0.2, 0) is 0 Å². The fraction of sp³-hybridized carbons (Fsp3) is 0.286. The standard InChI is InChI=1S/C7H10N4/c1-8-6-11(2)7-3-9-5-10-4-7/h3-6H,1-2H3. The van der Waals surface area contributed by atoms with Crippen LogP contribution in [0.1, 0.15) is 0 Å². The van der Waals surface area contributed by atoms with Gasteiger partial charge < -0.3 is 4.90 Å². The van der Waals surface area contributed by atoms with Crippen LogP contribution in [0.2, 0.25) is 0 Å². The molecule has 0 unspecified atom stereocenters. The van der Waals surface area contributed by atoms with Crippen molar-refractivity contribution in [3.8, 4) is 0 Å². The number of aliphatic imine (C=N–C) groups is 1. The summed E-state index contributed by atoms with van der Waals surface area (Å²) in [4.78, 5) is 13.5. The summed E-state index contributed by atoms with van der Waals surface area (Å²) in [5, 5.41) is 0. The van der Waals surface area contributed by atoms with Gasteiger partial charge in [0.05, 0.1) is 24.4 Å². The number of hydrogen-bond donors (Lipinski definition) is 0. The van der Waals surface area contributed by atoms with Gasteiger partial charge in [-0.3, -0.25) is 4.99 Å². The highest BCUT2D eigenvalue weighted by molar-refractivity contribution is 5.77. The number of aromatic nitrogens is 2. The van der Waals surface area contributed by atoms with E-state index in [1.807, 2.05) is 11.9 Å². The van der Waals surface area contributed by atoms with Crippen LogP contribution in [0.25, 0.3) is 0 Å². The molecule has 1 rings (SSSR count). The van der Waals surface area contributed by atoms with E-state index in [-0.39, 0.29) is 0 Å². The predicted octanol–water partition coefficient (Wildman–Crippen LogP) is 0.571. The third-order valence-electron chi connectivity index (χ3n) is 1.24. The third-order valence-corrected chi connectivity index (χ3v) is 1.24. The normalized spacial score (nSPS) is 10.4. The molecule has 1 heterocycles. The molecule has 0 spiro atoms. The monoisotopic (exact) mass is 150 g/mol. The first-order valence-corrected chi connectivity index (χ1v) is 3.24. The maximum atomic E-state index is 3.87. The Balaban J connectivity index is 2.76. The average Bonchev–Trinajstić information content (AvgIpc) is 2.07. The largest absolute Gasteiger partial charge is 0.333 e. The maximum absolute atomic E-state index is 3.87. The average molecular weight is 150 g/mol. The van der Waals surface area contributed by atoms with E-state index in [9.17, 15) is 0 Å². The zero-order valence-corrected chi connectivity index (χ0v) is 6.60. The van der Waals surface area contributed by atoms with E-state index >= 15 is 0 Å². The van der Waals surface area contributed by atoms with Gasteiger partial charge in [0.1, 0.15) is 6.33 Å². The summed E-state index contributed by atoms with van der Waals surface area (Å²) in [7, 11) is 3.62. The van der Waals surface area contributed by atoms with Gasteiger partial charge in [0.2, 0.25) is 0 Å². The molecule has 0 radical (unpaired) electrons. The van der Waals surface area contributed by atoms with Gasteiger partial charge in [-0.25, -0.2) is 9.97 Å². The Labute approximate surface area is 65.6 Å². The number of rotatable bonds is 2. The van der Waals surface area contributed by atoms with Crippen molar-refractivity contribution in [1.29, 1.82) is 0 Å². The zero-order valence-electron chi connectivity index (χ0n) is 6.60. The first-order chi connectivity index (χ1) is 5.34. The van der Waals surface area contributed by atoms with Gasteiger partial charge in [-0.15, -0.1) is 0 Å². The molecule has 0 saturated carbocycles. The van der Waals surface area contributed by atoms with Crippen LogP contribution in [-0.4, -0.2) is 30.4 Å². The summed E-state index contributed by atoms with van der Waals surface area (Å²) < 4.78 is 0. The Morgan fingerprint density at radius 3 is 2.64 bits per heavy atom. The molecule has 1 aromatic rings. The van der Waals surface area contributed by atoms with Gasteiger partial charge >= 0.3 is 0 Å². The minimum Gasteiger partial charge on any atom is -0.333 e. The molecule has 0 aliphatic heterocycles.